The van der Waals surface area contributed by atoms with Crippen LogP contribution in [0.1, 0.15) is 39.0 Å². The smallest absolute Gasteiger partial charge is 0.321 e. The van der Waals surface area contributed by atoms with Gasteiger partial charge in [-0.15, -0.1) is 5.10 Å². The van der Waals surface area contributed by atoms with Crippen LogP contribution in [-0.4, -0.2) is 57.7 Å². The Hall–Kier alpha value is -2.82. The van der Waals surface area contributed by atoms with Crippen molar-refractivity contribution >= 4 is 23.7 Å². The molecule has 1 aromatic heterocycles. The van der Waals surface area contributed by atoms with Gasteiger partial charge in [0.2, 0.25) is 11.1 Å². The first-order valence-corrected chi connectivity index (χ1v) is 10.7. The largest absolute Gasteiger partial charge is 0.497 e. The molecule has 3 amide bonds. The lowest BCUT2D eigenvalue weighted by molar-refractivity contribution is -0.119. The molecule has 11 heteroatoms. The molecule has 1 aliphatic rings. The fourth-order valence-electron chi connectivity index (χ4n) is 3.26. The average molecular weight is 435 g/mol. The van der Waals surface area contributed by atoms with E-state index in [0.717, 1.165) is 37.4 Å². The van der Waals surface area contributed by atoms with E-state index in [1.54, 1.807) is 39.3 Å². The van der Waals surface area contributed by atoms with E-state index in [2.05, 4.69) is 26.2 Å². The van der Waals surface area contributed by atoms with Crippen molar-refractivity contribution in [1.82, 2.24) is 30.8 Å². The van der Waals surface area contributed by atoms with Crippen molar-refractivity contribution in [2.75, 3.05) is 14.2 Å². The van der Waals surface area contributed by atoms with Crippen LogP contribution in [0.3, 0.4) is 0 Å². The molecule has 2 aromatic rings. The molecule has 3 rings (SSSR count). The minimum Gasteiger partial charge on any atom is -0.497 e. The van der Waals surface area contributed by atoms with E-state index in [1.807, 2.05) is 0 Å². The van der Waals surface area contributed by atoms with Gasteiger partial charge in [-0.05, 0) is 42.3 Å². The van der Waals surface area contributed by atoms with E-state index in [0.29, 0.717) is 22.3 Å². The Morgan fingerprint density at radius 1 is 1.20 bits per heavy atom. The maximum atomic E-state index is 12.5. The van der Waals surface area contributed by atoms with Gasteiger partial charge in [0.05, 0.1) is 19.5 Å². The fourth-order valence-corrected chi connectivity index (χ4v) is 4.06. The molecule has 1 atom stereocenters. The lowest BCUT2D eigenvalue weighted by atomic mass is 9.96. The Labute approximate surface area is 179 Å². The maximum absolute atomic E-state index is 12.5. The lowest BCUT2D eigenvalue weighted by Gasteiger charge is -2.23. The Morgan fingerprint density at radius 2 is 1.97 bits per heavy atom. The molecule has 1 unspecified atom stereocenters. The monoisotopic (exact) mass is 434 g/mol. The SMILES string of the molecule is COc1ccc(OC)c(-n2nnnc2SC(C)C(=O)NC(=O)NC2CCCCC2)c1. The third-order valence-electron chi connectivity index (χ3n) is 4.88. The standard InChI is InChI=1S/C19H26N6O4S/c1-12(17(26)21-18(27)20-13-7-5-4-6-8-13)30-19-22-23-24-25(19)15-11-14(28-2)9-10-16(15)29-3/h9-13H,4-8H2,1-3H3,(H2,20,21,26,27). The number of thioether (sulfide) groups is 1. The van der Waals surface area contributed by atoms with Crippen molar-refractivity contribution in [3.05, 3.63) is 18.2 Å². The normalized spacial score (nSPS) is 15.3. The maximum Gasteiger partial charge on any atom is 0.321 e. The van der Waals surface area contributed by atoms with Gasteiger partial charge in [-0.1, -0.05) is 31.0 Å². The average Bonchev–Trinajstić information content (AvgIpc) is 3.21. The molecule has 1 saturated carbocycles. The minimum absolute atomic E-state index is 0.127. The Kier molecular flexibility index (Phi) is 7.50. The highest BCUT2D eigenvalue weighted by Crippen LogP contribution is 2.30. The summed E-state index contributed by atoms with van der Waals surface area (Å²) in [7, 11) is 3.11. The second kappa shape index (κ2) is 10.3. The third kappa shape index (κ3) is 5.41. The summed E-state index contributed by atoms with van der Waals surface area (Å²) in [6, 6.07) is 4.91. The molecular formula is C19H26N6O4S. The van der Waals surface area contributed by atoms with Crippen molar-refractivity contribution in [2.24, 2.45) is 0 Å². The van der Waals surface area contributed by atoms with Gasteiger partial charge in [-0.3, -0.25) is 10.1 Å². The summed E-state index contributed by atoms with van der Waals surface area (Å²) in [6.07, 6.45) is 5.29. The van der Waals surface area contributed by atoms with Crippen LogP contribution in [0.5, 0.6) is 11.5 Å². The number of carbonyl (C=O) groups excluding carboxylic acids is 2. The number of nitrogens with zero attached hydrogens (tertiary/aromatic N) is 4. The topological polar surface area (TPSA) is 120 Å². The molecular weight excluding hydrogens is 408 g/mol. The number of methoxy groups -OCH3 is 2. The van der Waals surface area contributed by atoms with Crippen molar-refractivity contribution in [2.45, 2.75) is 55.5 Å². The first-order valence-electron chi connectivity index (χ1n) is 9.80. The summed E-state index contributed by atoms with van der Waals surface area (Å²) < 4.78 is 12.1. The second-order valence-corrected chi connectivity index (χ2v) is 8.28. The zero-order valence-electron chi connectivity index (χ0n) is 17.3. The van der Waals surface area contributed by atoms with Crippen molar-refractivity contribution < 1.29 is 19.1 Å². The van der Waals surface area contributed by atoms with Gasteiger partial charge in [-0.25, -0.2) is 4.79 Å². The van der Waals surface area contributed by atoms with Crippen LogP contribution in [0, 0.1) is 0 Å². The summed E-state index contributed by atoms with van der Waals surface area (Å²) in [5.41, 5.74) is 0.576. The van der Waals surface area contributed by atoms with Gasteiger partial charge < -0.3 is 14.8 Å². The van der Waals surface area contributed by atoms with E-state index >= 15 is 0 Å². The first kappa shape index (κ1) is 21.9. The first-order chi connectivity index (χ1) is 14.5. The Balaban J connectivity index is 1.65. The van der Waals surface area contributed by atoms with Crippen molar-refractivity contribution in [3.63, 3.8) is 0 Å². The fraction of sp³-hybridized carbons (Fsp3) is 0.526. The number of hydrogen-bond acceptors (Lipinski definition) is 8. The van der Waals surface area contributed by atoms with E-state index in [9.17, 15) is 9.59 Å². The number of tetrazole rings is 1. The number of rotatable bonds is 7. The quantitative estimate of drug-likeness (QED) is 0.637. The molecule has 0 aliphatic heterocycles. The van der Waals surface area contributed by atoms with Gasteiger partial charge >= 0.3 is 6.03 Å². The zero-order chi connectivity index (χ0) is 21.5. The summed E-state index contributed by atoms with van der Waals surface area (Å²) in [6.45, 7) is 1.69. The van der Waals surface area contributed by atoms with Crippen LogP contribution in [0.4, 0.5) is 4.79 Å². The van der Waals surface area contributed by atoms with E-state index < -0.39 is 17.2 Å². The molecule has 10 nitrogen and oxygen atoms in total. The van der Waals surface area contributed by atoms with Gasteiger partial charge in [0.1, 0.15) is 17.2 Å². The summed E-state index contributed by atoms with van der Waals surface area (Å²) in [5.74, 6) is 0.747. The number of carbonyl (C=O) groups is 2. The predicted molar refractivity (Wildman–Crippen MR) is 111 cm³/mol. The van der Waals surface area contributed by atoms with E-state index in [-0.39, 0.29) is 6.04 Å². The Morgan fingerprint density at radius 3 is 2.67 bits per heavy atom. The zero-order valence-corrected chi connectivity index (χ0v) is 18.1. The van der Waals surface area contributed by atoms with Crippen molar-refractivity contribution in [1.29, 1.82) is 0 Å². The van der Waals surface area contributed by atoms with Crippen LogP contribution in [-0.2, 0) is 4.79 Å². The van der Waals surface area contributed by atoms with E-state index in [1.165, 1.54) is 11.1 Å². The molecule has 1 aliphatic carbocycles. The van der Waals surface area contributed by atoms with Crippen molar-refractivity contribution in [3.8, 4) is 17.2 Å². The number of benzene rings is 1. The molecule has 30 heavy (non-hydrogen) atoms. The van der Waals surface area contributed by atoms with Gasteiger partial charge in [-0.2, -0.15) is 4.68 Å². The third-order valence-corrected chi connectivity index (χ3v) is 5.92. The number of ether oxygens (including phenoxy) is 2. The highest BCUT2D eigenvalue weighted by molar-refractivity contribution is 8.00. The molecule has 0 bridgehead atoms. The van der Waals surface area contributed by atoms with Crippen LogP contribution in [0.15, 0.2) is 23.4 Å². The second-order valence-electron chi connectivity index (χ2n) is 6.97. The summed E-state index contributed by atoms with van der Waals surface area (Å²) in [4.78, 5) is 24.6. The number of imide groups is 1. The molecule has 1 aromatic carbocycles. The summed E-state index contributed by atoms with van der Waals surface area (Å²) >= 11 is 1.14. The Bertz CT molecular complexity index is 884. The molecule has 0 radical (unpaired) electrons. The van der Waals surface area contributed by atoms with Crippen LogP contribution in [0.2, 0.25) is 0 Å². The number of aromatic nitrogens is 4. The van der Waals surface area contributed by atoms with Gasteiger partial charge in [0.25, 0.3) is 0 Å². The number of nitrogens with one attached hydrogen (secondary N) is 2. The molecule has 0 saturated heterocycles. The van der Waals surface area contributed by atoms with Gasteiger partial charge in [0.15, 0.2) is 0 Å². The van der Waals surface area contributed by atoms with Gasteiger partial charge in [0, 0.05) is 12.1 Å². The molecule has 0 spiro atoms. The number of hydrogen-bond donors (Lipinski definition) is 2. The molecule has 162 valence electrons. The number of urea groups is 1. The lowest BCUT2D eigenvalue weighted by Crippen LogP contribution is -2.47. The van der Waals surface area contributed by atoms with Crippen LogP contribution < -0.4 is 20.1 Å². The molecule has 1 fully saturated rings. The molecule has 1 heterocycles. The van der Waals surface area contributed by atoms with Crippen LogP contribution >= 0.6 is 11.8 Å². The minimum atomic E-state index is -0.594. The predicted octanol–water partition coefficient (Wildman–Crippen LogP) is 2.32. The summed E-state index contributed by atoms with van der Waals surface area (Å²) in [5, 5.41) is 16.8. The molecule has 2 N–H and O–H groups in total. The highest BCUT2D eigenvalue weighted by atomic mass is 32.2. The van der Waals surface area contributed by atoms with Crippen LogP contribution in [0.25, 0.3) is 5.69 Å². The highest BCUT2D eigenvalue weighted by Gasteiger charge is 2.23. The van der Waals surface area contributed by atoms with E-state index in [4.69, 9.17) is 9.47 Å². The number of amides is 3.